The molecule has 1 heteroatoms. The Kier molecular flexibility index (Phi) is 6.60. The Morgan fingerprint density at radius 3 is 1.57 bits per heavy atom. The summed E-state index contributed by atoms with van der Waals surface area (Å²) in [5.74, 6) is 0. The van der Waals surface area contributed by atoms with Crippen LogP contribution in [0.3, 0.4) is 0 Å². The maximum absolute atomic E-state index is 3.24. The van der Waals surface area contributed by atoms with Crippen molar-refractivity contribution in [2.45, 2.75) is 88.5 Å². The maximum Gasteiger partial charge on any atom is 0.00276 e. The Morgan fingerprint density at radius 2 is 1.33 bits per heavy atom. The fourth-order valence-corrected chi connectivity index (χ4v) is 4.11. The molecular formula is C20H41N. The Balaban J connectivity index is 6.10. The van der Waals surface area contributed by atoms with Crippen LogP contribution in [0.15, 0.2) is 11.8 Å². The minimum atomic E-state index is 0.245. The van der Waals surface area contributed by atoms with Gasteiger partial charge in [0.25, 0.3) is 0 Å². The molecule has 0 aromatic heterocycles. The SMILES string of the molecule is CC/C(=C\NC)CC(CC)(C(C)(C)C)C(C)(C)C(C)(C)C. The molecule has 1 nitrogen and oxygen atoms in total. The van der Waals surface area contributed by atoms with Crippen LogP contribution < -0.4 is 5.32 Å². The molecule has 0 amide bonds. The van der Waals surface area contributed by atoms with Crippen molar-refractivity contribution in [1.29, 1.82) is 0 Å². The van der Waals surface area contributed by atoms with Crippen LogP contribution in [0.25, 0.3) is 0 Å². The highest BCUT2D eigenvalue weighted by atomic mass is 14.8. The summed E-state index contributed by atoms with van der Waals surface area (Å²) < 4.78 is 0. The monoisotopic (exact) mass is 295 g/mol. The molecule has 0 rings (SSSR count). The first-order valence-corrected chi connectivity index (χ1v) is 8.66. The van der Waals surface area contributed by atoms with Crippen molar-refractivity contribution < 1.29 is 0 Å². The van der Waals surface area contributed by atoms with Gasteiger partial charge >= 0.3 is 0 Å². The molecule has 0 heterocycles. The highest BCUT2D eigenvalue weighted by Crippen LogP contribution is 2.63. The first kappa shape index (κ1) is 20.5. The van der Waals surface area contributed by atoms with Crippen LogP contribution in [0.4, 0.5) is 0 Å². The van der Waals surface area contributed by atoms with E-state index < -0.39 is 0 Å². The van der Waals surface area contributed by atoms with Gasteiger partial charge in [-0.15, -0.1) is 0 Å². The zero-order chi connectivity index (χ0) is 17.1. The summed E-state index contributed by atoms with van der Waals surface area (Å²) in [5, 5.41) is 3.24. The summed E-state index contributed by atoms with van der Waals surface area (Å²) in [4.78, 5) is 0. The van der Waals surface area contributed by atoms with Crippen LogP contribution in [0.2, 0.25) is 0 Å². The molecule has 0 aliphatic rings. The van der Waals surface area contributed by atoms with E-state index in [0.717, 1.165) is 6.42 Å². The van der Waals surface area contributed by atoms with Gasteiger partial charge in [0.05, 0.1) is 0 Å². The molecule has 0 bridgehead atoms. The largest absolute Gasteiger partial charge is 0.394 e. The van der Waals surface area contributed by atoms with Crippen LogP contribution in [0.1, 0.15) is 88.5 Å². The lowest BCUT2D eigenvalue weighted by atomic mass is 9.44. The van der Waals surface area contributed by atoms with Crippen LogP contribution in [-0.2, 0) is 0 Å². The van der Waals surface area contributed by atoms with Gasteiger partial charge in [-0.25, -0.2) is 0 Å². The van der Waals surface area contributed by atoms with E-state index in [2.05, 4.69) is 80.8 Å². The van der Waals surface area contributed by atoms with Crippen molar-refractivity contribution in [2.24, 2.45) is 21.7 Å². The van der Waals surface area contributed by atoms with E-state index in [1.54, 1.807) is 0 Å². The number of hydrogen-bond acceptors (Lipinski definition) is 1. The molecular weight excluding hydrogens is 254 g/mol. The Hall–Kier alpha value is -0.460. The molecule has 1 N–H and O–H groups in total. The van der Waals surface area contributed by atoms with E-state index in [9.17, 15) is 0 Å². The van der Waals surface area contributed by atoms with Gasteiger partial charge in [0, 0.05) is 7.05 Å². The third-order valence-corrected chi connectivity index (χ3v) is 6.44. The number of rotatable bonds is 6. The summed E-state index contributed by atoms with van der Waals surface area (Å²) in [6.45, 7) is 24.1. The van der Waals surface area contributed by atoms with Crippen LogP contribution >= 0.6 is 0 Å². The van der Waals surface area contributed by atoms with E-state index in [1.807, 2.05) is 7.05 Å². The van der Waals surface area contributed by atoms with E-state index in [4.69, 9.17) is 0 Å². The summed E-state index contributed by atoms with van der Waals surface area (Å²) in [6.07, 6.45) is 5.73. The predicted molar refractivity (Wildman–Crippen MR) is 97.5 cm³/mol. The second-order valence-electron chi connectivity index (χ2n) is 9.18. The zero-order valence-electron chi connectivity index (χ0n) is 16.7. The lowest BCUT2D eigenvalue weighted by Gasteiger charge is -2.61. The quantitative estimate of drug-likeness (QED) is 0.597. The van der Waals surface area contributed by atoms with Crippen LogP contribution in [0, 0.1) is 21.7 Å². The fraction of sp³-hybridized carbons (Fsp3) is 0.900. The van der Waals surface area contributed by atoms with Gasteiger partial charge in [0.2, 0.25) is 0 Å². The molecule has 0 spiro atoms. The van der Waals surface area contributed by atoms with E-state index in [0.29, 0.717) is 0 Å². The van der Waals surface area contributed by atoms with Crippen LogP contribution in [0.5, 0.6) is 0 Å². The molecule has 0 aliphatic carbocycles. The molecule has 0 aromatic carbocycles. The minimum Gasteiger partial charge on any atom is -0.394 e. The highest BCUT2D eigenvalue weighted by Gasteiger charge is 2.55. The number of allylic oxidation sites excluding steroid dienone is 1. The first-order valence-electron chi connectivity index (χ1n) is 8.66. The van der Waals surface area contributed by atoms with E-state index in [1.165, 1.54) is 18.4 Å². The van der Waals surface area contributed by atoms with Crippen molar-refractivity contribution in [1.82, 2.24) is 5.32 Å². The Labute approximate surface area is 135 Å². The summed E-state index contributed by atoms with van der Waals surface area (Å²) in [7, 11) is 2.01. The molecule has 1 atom stereocenters. The Bertz CT molecular complexity index is 349. The topological polar surface area (TPSA) is 12.0 Å². The number of nitrogens with one attached hydrogen (secondary N) is 1. The zero-order valence-corrected chi connectivity index (χ0v) is 16.7. The van der Waals surface area contributed by atoms with Crippen molar-refractivity contribution in [3.63, 3.8) is 0 Å². The molecule has 0 saturated carbocycles. The normalized spacial score (nSPS) is 17.6. The average Bonchev–Trinajstić information content (AvgIpc) is 2.31. The fourth-order valence-electron chi connectivity index (χ4n) is 4.11. The van der Waals surface area contributed by atoms with E-state index in [-0.39, 0.29) is 21.7 Å². The molecule has 0 aromatic rings. The molecule has 1 unspecified atom stereocenters. The van der Waals surface area contributed by atoms with Crippen molar-refractivity contribution in [3.8, 4) is 0 Å². The van der Waals surface area contributed by atoms with Gasteiger partial charge in [-0.3, -0.25) is 0 Å². The average molecular weight is 296 g/mol. The van der Waals surface area contributed by atoms with Crippen molar-refractivity contribution in [2.75, 3.05) is 7.05 Å². The van der Waals surface area contributed by atoms with Crippen molar-refractivity contribution >= 4 is 0 Å². The molecule has 0 radical (unpaired) electrons. The molecule has 126 valence electrons. The highest BCUT2D eigenvalue weighted by molar-refractivity contribution is 5.13. The first-order chi connectivity index (χ1) is 9.30. The maximum atomic E-state index is 3.24. The van der Waals surface area contributed by atoms with Gasteiger partial charge < -0.3 is 5.32 Å². The molecule has 21 heavy (non-hydrogen) atoms. The van der Waals surface area contributed by atoms with Gasteiger partial charge in [0.15, 0.2) is 0 Å². The third kappa shape index (κ3) is 3.85. The molecule has 0 saturated heterocycles. The lowest BCUT2D eigenvalue weighted by Crippen LogP contribution is -2.53. The molecule has 0 aliphatic heterocycles. The Morgan fingerprint density at radius 1 is 0.857 bits per heavy atom. The summed E-state index contributed by atoms with van der Waals surface area (Å²) in [6, 6.07) is 0. The summed E-state index contributed by atoms with van der Waals surface area (Å²) in [5.41, 5.74) is 2.59. The second kappa shape index (κ2) is 6.75. The molecule has 0 fully saturated rings. The smallest absolute Gasteiger partial charge is 0.00276 e. The van der Waals surface area contributed by atoms with Gasteiger partial charge in [-0.2, -0.15) is 0 Å². The second-order valence-corrected chi connectivity index (χ2v) is 9.18. The van der Waals surface area contributed by atoms with Crippen LogP contribution in [-0.4, -0.2) is 7.05 Å². The van der Waals surface area contributed by atoms with Gasteiger partial charge in [-0.1, -0.05) is 74.8 Å². The van der Waals surface area contributed by atoms with Gasteiger partial charge in [0.1, 0.15) is 0 Å². The van der Waals surface area contributed by atoms with Gasteiger partial charge in [-0.05, 0) is 47.1 Å². The third-order valence-electron chi connectivity index (χ3n) is 6.44. The van der Waals surface area contributed by atoms with Crippen molar-refractivity contribution in [3.05, 3.63) is 11.8 Å². The predicted octanol–water partition coefficient (Wildman–Crippen LogP) is 6.40. The lowest BCUT2D eigenvalue weighted by molar-refractivity contribution is -0.109. The standard InChI is InChI=1S/C20H41N/c1-12-16(15-21-11)14-20(13-2,18(6,7)8)19(9,10)17(3,4)5/h15,21H,12-14H2,1-11H3/b16-15+. The summed E-state index contributed by atoms with van der Waals surface area (Å²) >= 11 is 0. The minimum absolute atomic E-state index is 0.245. The number of hydrogen-bond donors (Lipinski definition) is 1. The van der Waals surface area contributed by atoms with E-state index >= 15 is 0 Å².